The fourth-order valence-corrected chi connectivity index (χ4v) is 4.25. The van der Waals surface area contributed by atoms with Crippen molar-refractivity contribution in [3.8, 4) is 11.1 Å². The van der Waals surface area contributed by atoms with Gasteiger partial charge in [0.1, 0.15) is 12.2 Å². The lowest BCUT2D eigenvalue weighted by Crippen LogP contribution is -2.42. The highest BCUT2D eigenvalue weighted by Gasteiger charge is 2.20. The predicted octanol–water partition coefficient (Wildman–Crippen LogP) is 2.58. The molecule has 2 unspecified atom stereocenters. The number of primary amides is 1. The highest BCUT2D eigenvalue weighted by Crippen LogP contribution is 2.41. The van der Waals surface area contributed by atoms with Crippen LogP contribution in [-0.2, 0) is 4.79 Å². The summed E-state index contributed by atoms with van der Waals surface area (Å²) in [5.41, 5.74) is 14.6. The third-order valence-electron chi connectivity index (χ3n) is 4.66. The van der Waals surface area contributed by atoms with E-state index in [0.29, 0.717) is 5.56 Å². The molecule has 0 aliphatic carbocycles. The molecule has 6 N–H and O–H groups in total. The van der Waals surface area contributed by atoms with Crippen LogP contribution in [0.5, 0.6) is 0 Å². The molecule has 4 rings (SSSR count). The lowest BCUT2D eigenvalue weighted by atomic mass is 10.0. The fraction of sp³-hybridized carbons (Fsp3) is 0.150. The molecule has 0 bridgehead atoms. The quantitative estimate of drug-likeness (QED) is 0.544. The van der Waals surface area contributed by atoms with E-state index >= 15 is 0 Å². The molecular weight excluding hydrogens is 374 g/mol. The van der Waals surface area contributed by atoms with Gasteiger partial charge in [0.05, 0.1) is 16.9 Å². The van der Waals surface area contributed by atoms with Crippen LogP contribution in [0.25, 0.3) is 21.2 Å². The van der Waals surface area contributed by atoms with Crippen molar-refractivity contribution in [2.75, 3.05) is 5.32 Å². The van der Waals surface area contributed by atoms with Gasteiger partial charge in [0.25, 0.3) is 5.91 Å². The number of nitrogens with zero attached hydrogens (tertiary/aromatic N) is 1. The number of nitrogens with one attached hydrogen (secondary N) is 2. The Bertz CT molecular complexity index is 1120. The molecule has 0 saturated carbocycles. The standard InChI is InChI=1S/C20H19N5O2S/c1-10(19(22)26)25-20(27)13-4-2-3-11(7-13)12-5-6-14-15(8-12)28-17-16(14)23-9-24-18(17)21/h2-10,18H,21H2,1H3,(H2,22,26)(H,23,24)(H,25,27). The number of rotatable bonds is 4. The maximum Gasteiger partial charge on any atom is 0.251 e. The van der Waals surface area contributed by atoms with Gasteiger partial charge in [0.15, 0.2) is 0 Å². The summed E-state index contributed by atoms with van der Waals surface area (Å²) < 4.78 is 1.09. The van der Waals surface area contributed by atoms with Crippen LogP contribution in [0.2, 0.25) is 0 Å². The summed E-state index contributed by atoms with van der Waals surface area (Å²) in [7, 11) is 0. The number of fused-ring (bicyclic) bond motifs is 3. The Hall–Kier alpha value is -3.23. The normalized spacial score (nSPS) is 16.3. The van der Waals surface area contributed by atoms with Crippen molar-refractivity contribution < 1.29 is 9.59 Å². The van der Waals surface area contributed by atoms with Gasteiger partial charge < -0.3 is 22.1 Å². The van der Waals surface area contributed by atoms with Crippen molar-refractivity contribution in [3.05, 3.63) is 52.9 Å². The van der Waals surface area contributed by atoms with Gasteiger partial charge in [-0.3, -0.25) is 14.6 Å². The molecule has 0 radical (unpaired) electrons. The highest BCUT2D eigenvalue weighted by molar-refractivity contribution is 7.20. The summed E-state index contributed by atoms with van der Waals surface area (Å²) >= 11 is 1.61. The monoisotopic (exact) mass is 393 g/mol. The molecule has 3 aromatic rings. The number of benzene rings is 2. The number of amides is 2. The first-order valence-electron chi connectivity index (χ1n) is 8.75. The molecule has 1 aliphatic heterocycles. The van der Waals surface area contributed by atoms with E-state index < -0.39 is 11.9 Å². The number of hydrogen-bond acceptors (Lipinski definition) is 6. The Morgan fingerprint density at radius 1 is 1.21 bits per heavy atom. The van der Waals surface area contributed by atoms with E-state index in [9.17, 15) is 9.59 Å². The topological polar surface area (TPSA) is 123 Å². The van der Waals surface area contributed by atoms with Crippen LogP contribution in [0.3, 0.4) is 0 Å². The molecule has 1 aromatic heterocycles. The van der Waals surface area contributed by atoms with Crippen molar-refractivity contribution in [1.29, 1.82) is 0 Å². The summed E-state index contributed by atoms with van der Waals surface area (Å²) in [4.78, 5) is 28.7. The lowest BCUT2D eigenvalue weighted by Gasteiger charge is -2.13. The maximum atomic E-state index is 12.4. The number of carbonyl (C=O) groups is 2. The Labute approximate surface area is 165 Å². The fourth-order valence-electron chi connectivity index (χ4n) is 3.09. The van der Waals surface area contributed by atoms with Crippen molar-refractivity contribution in [2.45, 2.75) is 19.1 Å². The largest absolute Gasteiger partial charge is 0.368 e. The molecule has 2 heterocycles. The van der Waals surface area contributed by atoms with Crippen molar-refractivity contribution >= 4 is 45.3 Å². The SMILES string of the molecule is CC(NC(=O)c1cccc(-c2ccc3c4c(sc3c2)C(N)N=CN4)c1)C(N)=O. The summed E-state index contributed by atoms with van der Waals surface area (Å²) in [6.07, 6.45) is 1.28. The van der Waals surface area contributed by atoms with Crippen LogP contribution in [0.1, 0.15) is 28.3 Å². The first-order valence-corrected chi connectivity index (χ1v) is 9.56. The van der Waals surface area contributed by atoms with Gasteiger partial charge in [-0.1, -0.05) is 24.3 Å². The molecule has 2 aromatic carbocycles. The second-order valence-electron chi connectivity index (χ2n) is 6.60. The van der Waals surface area contributed by atoms with Crippen LogP contribution in [0.15, 0.2) is 47.5 Å². The Morgan fingerprint density at radius 2 is 2.00 bits per heavy atom. The van der Waals surface area contributed by atoms with Gasteiger partial charge in [-0.25, -0.2) is 0 Å². The van der Waals surface area contributed by atoms with Crippen LogP contribution in [0, 0.1) is 0 Å². The Morgan fingerprint density at radius 3 is 2.79 bits per heavy atom. The minimum absolute atomic E-state index is 0.340. The smallest absolute Gasteiger partial charge is 0.251 e. The number of carbonyl (C=O) groups excluding carboxylic acids is 2. The summed E-state index contributed by atoms with van der Waals surface area (Å²) in [5, 5.41) is 6.86. The molecular formula is C20H19N5O2S. The first-order chi connectivity index (χ1) is 13.4. The van der Waals surface area contributed by atoms with Gasteiger partial charge in [0, 0.05) is 15.6 Å². The zero-order valence-corrected chi connectivity index (χ0v) is 15.9. The van der Waals surface area contributed by atoms with E-state index in [1.54, 1.807) is 36.7 Å². The molecule has 1 aliphatic rings. The van der Waals surface area contributed by atoms with Crippen LogP contribution >= 0.6 is 11.3 Å². The van der Waals surface area contributed by atoms with Crippen LogP contribution in [0.4, 0.5) is 5.69 Å². The zero-order valence-electron chi connectivity index (χ0n) is 15.1. The van der Waals surface area contributed by atoms with Gasteiger partial charge >= 0.3 is 0 Å². The summed E-state index contributed by atoms with van der Waals surface area (Å²) in [5.74, 6) is -0.916. The molecule has 7 nitrogen and oxygen atoms in total. The van der Waals surface area contributed by atoms with E-state index in [2.05, 4.69) is 21.7 Å². The molecule has 2 atom stereocenters. The molecule has 2 amide bonds. The number of hydrogen-bond donors (Lipinski definition) is 4. The summed E-state index contributed by atoms with van der Waals surface area (Å²) in [6, 6.07) is 12.7. The molecule has 8 heteroatoms. The number of nitrogens with two attached hydrogens (primary N) is 2. The molecule has 0 saturated heterocycles. The number of anilines is 1. The van der Waals surface area contributed by atoms with Gasteiger partial charge in [-0.15, -0.1) is 11.3 Å². The first kappa shape index (κ1) is 18.1. The van der Waals surface area contributed by atoms with Crippen molar-refractivity contribution in [2.24, 2.45) is 16.5 Å². The van der Waals surface area contributed by atoms with E-state index in [4.69, 9.17) is 11.5 Å². The average molecular weight is 393 g/mol. The van der Waals surface area contributed by atoms with Gasteiger partial charge in [-0.2, -0.15) is 0 Å². The molecule has 142 valence electrons. The van der Waals surface area contributed by atoms with Gasteiger partial charge in [0.2, 0.25) is 5.91 Å². The molecule has 0 fully saturated rings. The molecule has 28 heavy (non-hydrogen) atoms. The van der Waals surface area contributed by atoms with E-state index in [-0.39, 0.29) is 12.1 Å². The second-order valence-corrected chi connectivity index (χ2v) is 7.68. The number of aliphatic imine (C=N–C) groups is 1. The van der Waals surface area contributed by atoms with E-state index in [1.807, 2.05) is 24.3 Å². The minimum Gasteiger partial charge on any atom is -0.368 e. The van der Waals surface area contributed by atoms with Crippen LogP contribution in [-0.4, -0.2) is 24.2 Å². The average Bonchev–Trinajstić information content (AvgIpc) is 3.07. The lowest BCUT2D eigenvalue weighted by molar-refractivity contribution is -0.119. The summed E-state index contributed by atoms with van der Waals surface area (Å²) in [6.45, 7) is 1.55. The third-order valence-corrected chi connectivity index (χ3v) is 5.89. The van der Waals surface area contributed by atoms with E-state index in [0.717, 1.165) is 31.8 Å². The van der Waals surface area contributed by atoms with Crippen LogP contribution < -0.4 is 22.1 Å². The van der Waals surface area contributed by atoms with E-state index in [1.165, 1.54) is 0 Å². The number of thiophene rings is 1. The zero-order chi connectivity index (χ0) is 19.8. The predicted molar refractivity (Wildman–Crippen MR) is 112 cm³/mol. The van der Waals surface area contributed by atoms with Crippen molar-refractivity contribution in [1.82, 2.24) is 5.32 Å². The van der Waals surface area contributed by atoms with Crippen molar-refractivity contribution in [3.63, 3.8) is 0 Å². The third kappa shape index (κ3) is 3.23. The molecule has 0 spiro atoms. The Kier molecular flexibility index (Phi) is 4.58. The highest BCUT2D eigenvalue weighted by atomic mass is 32.1. The second kappa shape index (κ2) is 7.06. The maximum absolute atomic E-state index is 12.4. The minimum atomic E-state index is -0.733. The van der Waals surface area contributed by atoms with Gasteiger partial charge in [-0.05, 0) is 36.2 Å². The Balaban J connectivity index is 1.67.